The number of nitrogens with one attached hydrogen (secondary N) is 2. The zero-order chi connectivity index (χ0) is 21.3. The number of benzene rings is 1. The number of carbonyl (C=O) groups is 2. The average Bonchev–Trinajstić information content (AvgIpc) is 3.65. The number of likely N-dealkylation sites (N-methyl/N-ethyl adjacent to an activating group) is 1. The Hall–Kier alpha value is -4.06. The number of aromatic amines is 1. The maximum absolute atomic E-state index is 13.2. The summed E-state index contributed by atoms with van der Waals surface area (Å²) in [6.07, 6.45) is 2.00. The third kappa shape index (κ3) is 2.39. The fourth-order valence-electron chi connectivity index (χ4n) is 5.04. The standard InChI is InChI=1S/C22H17N7O2/c1-29-19-13(7-12(9-23)10-24-19)15-16-17(15)22(16,21(29)31)26-20(30)18-25-14(27-28-18)8-11-5-3-2-4-6-11/h2-7,10,15-17H,8H2,1H3,(H,26,30)(H,25,27,28)/t15?,16-,17?,22?/m1/s1. The molecule has 0 spiro atoms. The lowest BCUT2D eigenvalue weighted by atomic mass is 9.92. The van der Waals surface area contributed by atoms with Gasteiger partial charge in [-0.3, -0.25) is 19.6 Å². The first-order chi connectivity index (χ1) is 15.0. The van der Waals surface area contributed by atoms with Crippen molar-refractivity contribution in [2.24, 2.45) is 11.8 Å². The second kappa shape index (κ2) is 5.98. The van der Waals surface area contributed by atoms with Crippen molar-refractivity contribution in [2.45, 2.75) is 17.9 Å². The summed E-state index contributed by atoms with van der Waals surface area (Å²) in [5.41, 5.74) is 1.48. The monoisotopic (exact) mass is 411 g/mol. The second-order valence-electron chi connectivity index (χ2n) is 8.28. The van der Waals surface area contributed by atoms with Crippen molar-refractivity contribution < 1.29 is 9.59 Å². The van der Waals surface area contributed by atoms with Crippen molar-refractivity contribution >= 4 is 17.6 Å². The summed E-state index contributed by atoms with van der Waals surface area (Å²) in [6, 6.07) is 13.7. The lowest BCUT2D eigenvalue weighted by Gasteiger charge is -2.25. The van der Waals surface area contributed by atoms with Crippen molar-refractivity contribution in [2.75, 3.05) is 11.9 Å². The van der Waals surface area contributed by atoms with Crippen molar-refractivity contribution in [1.82, 2.24) is 25.5 Å². The van der Waals surface area contributed by atoms with Crippen LogP contribution in [-0.2, 0) is 11.2 Å². The predicted octanol–water partition coefficient (Wildman–Crippen LogP) is 1.15. The van der Waals surface area contributed by atoms with E-state index in [1.165, 1.54) is 11.1 Å². The van der Waals surface area contributed by atoms with Crippen molar-refractivity contribution in [1.29, 1.82) is 5.26 Å². The fourth-order valence-corrected chi connectivity index (χ4v) is 5.04. The van der Waals surface area contributed by atoms with Crippen LogP contribution in [0.5, 0.6) is 0 Å². The third-order valence-electron chi connectivity index (χ3n) is 6.59. The molecule has 4 atom stereocenters. The molecule has 9 heteroatoms. The smallest absolute Gasteiger partial charge is 0.291 e. The van der Waals surface area contributed by atoms with E-state index in [1.54, 1.807) is 13.1 Å². The minimum Gasteiger partial charge on any atom is -0.334 e. The molecule has 2 bridgehead atoms. The Morgan fingerprint density at radius 1 is 1.32 bits per heavy atom. The molecule has 2 saturated carbocycles. The fraction of sp³-hybridized carbons (Fsp3) is 0.273. The molecule has 0 radical (unpaired) electrons. The first-order valence-corrected chi connectivity index (χ1v) is 10.0. The number of rotatable bonds is 4. The Balaban J connectivity index is 1.23. The minimum atomic E-state index is -0.940. The van der Waals surface area contributed by atoms with Gasteiger partial charge in [0.1, 0.15) is 23.3 Å². The number of amides is 2. The van der Waals surface area contributed by atoms with Gasteiger partial charge in [-0.1, -0.05) is 30.3 Å². The van der Waals surface area contributed by atoms with E-state index in [2.05, 4.69) is 31.6 Å². The number of fused-ring (bicyclic) bond motifs is 1. The highest BCUT2D eigenvalue weighted by atomic mass is 16.2. The Morgan fingerprint density at radius 2 is 2.10 bits per heavy atom. The van der Waals surface area contributed by atoms with Crippen molar-refractivity contribution in [3.05, 3.63) is 70.9 Å². The molecule has 2 N–H and O–H groups in total. The Morgan fingerprint density at radius 3 is 2.84 bits per heavy atom. The molecule has 3 unspecified atom stereocenters. The zero-order valence-corrected chi connectivity index (χ0v) is 16.5. The summed E-state index contributed by atoms with van der Waals surface area (Å²) in [6.45, 7) is 0. The van der Waals surface area contributed by atoms with Gasteiger partial charge in [0.05, 0.1) is 5.56 Å². The van der Waals surface area contributed by atoms with Crippen LogP contribution in [0.1, 0.15) is 39.1 Å². The van der Waals surface area contributed by atoms with E-state index in [-0.39, 0.29) is 29.5 Å². The van der Waals surface area contributed by atoms with Crippen LogP contribution in [0, 0.1) is 23.2 Å². The molecule has 4 aliphatic rings. The van der Waals surface area contributed by atoms with E-state index in [4.69, 9.17) is 0 Å². The molecule has 2 aliphatic heterocycles. The van der Waals surface area contributed by atoms with Gasteiger partial charge in [0.2, 0.25) is 5.82 Å². The van der Waals surface area contributed by atoms with Gasteiger partial charge < -0.3 is 5.32 Å². The van der Waals surface area contributed by atoms with E-state index in [0.29, 0.717) is 23.6 Å². The molecule has 2 aliphatic carbocycles. The van der Waals surface area contributed by atoms with Crippen LogP contribution in [0.2, 0.25) is 0 Å². The summed E-state index contributed by atoms with van der Waals surface area (Å²) < 4.78 is 0. The topological polar surface area (TPSA) is 128 Å². The van der Waals surface area contributed by atoms with Crippen LogP contribution in [-0.4, -0.2) is 44.6 Å². The molecular formula is C22H17N7O2. The van der Waals surface area contributed by atoms with Crippen LogP contribution < -0.4 is 10.2 Å². The van der Waals surface area contributed by atoms with E-state index < -0.39 is 11.4 Å². The molecule has 9 nitrogen and oxygen atoms in total. The van der Waals surface area contributed by atoms with Crippen LogP contribution >= 0.6 is 0 Å². The van der Waals surface area contributed by atoms with E-state index in [0.717, 1.165) is 11.1 Å². The molecule has 152 valence electrons. The van der Waals surface area contributed by atoms with Gasteiger partial charge in [0.15, 0.2) is 0 Å². The number of carbonyl (C=O) groups excluding carboxylic acids is 2. The van der Waals surface area contributed by atoms with E-state index >= 15 is 0 Å². The largest absolute Gasteiger partial charge is 0.334 e. The number of nitriles is 1. The van der Waals surface area contributed by atoms with Crippen LogP contribution in [0.15, 0.2) is 42.6 Å². The number of anilines is 1. The number of H-pyrrole nitrogens is 1. The van der Waals surface area contributed by atoms with Gasteiger partial charge in [0.25, 0.3) is 11.8 Å². The van der Waals surface area contributed by atoms with Gasteiger partial charge in [-0.05, 0) is 17.5 Å². The van der Waals surface area contributed by atoms with Gasteiger partial charge in [-0.15, -0.1) is 5.10 Å². The molecule has 2 fully saturated rings. The minimum absolute atomic E-state index is 0.0188. The molecule has 2 amide bonds. The lowest BCUT2D eigenvalue weighted by molar-refractivity contribution is -0.122. The van der Waals surface area contributed by atoms with Gasteiger partial charge in [-0.2, -0.15) is 5.26 Å². The molecule has 2 aromatic heterocycles. The highest BCUT2D eigenvalue weighted by molar-refractivity contribution is 6.10. The summed E-state index contributed by atoms with van der Waals surface area (Å²) in [5.74, 6) is 0.659. The average molecular weight is 411 g/mol. The van der Waals surface area contributed by atoms with E-state index in [1.807, 2.05) is 30.3 Å². The number of pyridine rings is 1. The van der Waals surface area contributed by atoms with Gasteiger partial charge >= 0.3 is 0 Å². The van der Waals surface area contributed by atoms with E-state index in [9.17, 15) is 14.9 Å². The quantitative estimate of drug-likeness (QED) is 0.663. The summed E-state index contributed by atoms with van der Waals surface area (Å²) in [7, 11) is 1.65. The molecule has 7 rings (SSSR count). The molecule has 31 heavy (non-hydrogen) atoms. The van der Waals surface area contributed by atoms with Crippen molar-refractivity contribution in [3.8, 4) is 6.07 Å². The number of nitrogens with zero attached hydrogens (tertiary/aromatic N) is 5. The summed E-state index contributed by atoms with van der Waals surface area (Å²) >= 11 is 0. The maximum atomic E-state index is 13.2. The lowest BCUT2D eigenvalue weighted by Crippen LogP contribution is -2.54. The molecule has 4 heterocycles. The second-order valence-corrected chi connectivity index (χ2v) is 8.28. The summed E-state index contributed by atoms with van der Waals surface area (Å²) in [5, 5.41) is 18.9. The van der Waals surface area contributed by atoms with Crippen LogP contribution in [0.3, 0.4) is 0 Å². The Kier molecular flexibility index (Phi) is 3.43. The van der Waals surface area contributed by atoms with Crippen molar-refractivity contribution in [3.63, 3.8) is 0 Å². The predicted molar refractivity (Wildman–Crippen MR) is 108 cm³/mol. The number of aromatic nitrogens is 4. The van der Waals surface area contributed by atoms with Crippen LogP contribution in [0.4, 0.5) is 5.82 Å². The summed E-state index contributed by atoms with van der Waals surface area (Å²) in [4.78, 5) is 36.2. The SMILES string of the molecule is CN1C(=O)C2(NC(=O)c3n[nH]c(Cc4ccccc4)n3)C3C(c4cc(C#N)cnc41)[C@H]32. The normalized spacial score (nSPS) is 26.9. The maximum Gasteiger partial charge on any atom is 0.291 e. The zero-order valence-electron chi connectivity index (χ0n) is 16.5. The van der Waals surface area contributed by atoms with Crippen LogP contribution in [0.25, 0.3) is 0 Å². The molecular weight excluding hydrogens is 394 g/mol. The molecule has 1 aromatic carbocycles. The van der Waals surface area contributed by atoms with Gasteiger partial charge in [-0.25, -0.2) is 9.97 Å². The Labute approximate surface area is 177 Å². The highest BCUT2D eigenvalue weighted by Crippen LogP contribution is 2.82. The molecule has 3 aromatic rings. The molecule has 0 saturated heterocycles. The number of hydrogen-bond donors (Lipinski definition) is 2. The first kappa shape index (κ1) is 17.8. The highest BCUT2D eigenvalue weighted by Gasteiger charge is 2.90. The first-order valence-electron chi connectivity index (χ1n) is 10.0. The Bertz CT molecular complexity index is 1280. The number of hydrogen-bond acceptors (Lipinski definition) is 6. The third-order valence-corrected chi connectivity index (χ3v) is 6.59. The van der Waals surface area contributed by atoms with Gasteiger partial charge in [0, 0.05) is 37.1 Å².